The smallest absolute Gasteiger partial charge is 0.259 e. The maximum absolute atomic E-state index is 12.1. The van der Waals surface area contributed by atoms with E-state index in [4.69, 9.17) is 18.0 Å². The van der Waals surface area contributed by atoms with Gasteiger partial charge in [-0.25, -0.2) is 0 Å². The Labute approximate surface area is 116 Å². The predicted octanol–water partition coefficient (Wildman–Crippen LogP) is 1.62. The van der Waals surface area contributed by atoms with E-state index in [1.165, 1.54) is 0 Å². The fourth-order valence-corrected chi connectivity index (χ4v) is 1.90. The van der Waals surface area contributed by atoms with Crippen LogP contribution in [0.1, 0.15) is 21.6 Å². The molecule has 6 heteroatoms. The molecule has 0 saturated carbocycles. The highest BCUT2D eigenvalue weighted by atomic mass is 32.1. The van der Waals surface area contributed by atoms with Crippen LogP contribution in [0, 0.1) is 6.92 Å². The molecule has 1 aromatic carbocycles. The van der Waals surface area contributed by atoms with E-state index in [1.807, 2.05) is 0 Å². The Hall–Kier alpha value is -2.21. The Morgan fingerprint density at radius 1 is 1.47 bits per heavy atom. The van der Waals surface area contributed by atoms with Crippen LogP contribution in [0.2, 0.25) is 0 Å². The third kappa shape index (κ3) is 2.97. The van der Waals surface area contributed by atoms with Gasteiger partial charge in [0.15, 0.2) is 0 Å². The molecule has 1 amide bonds. The average molecular weight is 274 g/mol. The van der Waals surface area contributed by atoms with Crippen LogP contribution in [-0.4, -0.2) is 20.7 Å². The van der Waals surface area contributed by atoms with Crippen molar-refractivity contribution in [3.63, 3.8) is 0 Å². The SMILES string of the molecule is Cc1nn(C)cc1C(=O)Nc1cccc(C(N)=S)c1. The molecule has 0 radical (unpaired) electrons. The fourth-order valence-electron chi connectivity index (χ4n) is 1.77. The average Bonchev–Trinajstić information content (AvgIpc) is 2.69. The summed E-state index contributed by atoms with van der Waals surface area (Å²) in [7, 11) is 1.78. The lowest BCUT2D eigenvalue weighted by Crippen LogP contribution is -2.14. The van der Waals surface area contributed by atoms with Gasteiger partial charge in [-0.05, 0) is 19.1 Å². The first-order valence-corrected chi connectivity index (χ1v) is 6.09. The van der Waals surface area contributed by atoms with Crippen molar-refractivity contribution >= 4 is 28.8 Å². The number of anilines is 1. The third-order valence-corrected chi connectivity index (χ3v) is 2.90. The van der Waals surface area contributed by atoms with Gasteiger partial charge in [-0.15, -0.1) is 0 Å². The number of benzene rings is 1. The van der Waals surface area contributed by atoms with Gasteiger partial charge >= 0.3 is 0 Å². The number of nitrogens with one attached hydrogen (secondary N) is 1. The molecule has 0 aliphatic carbocycles. The van der Waals surface area contributed by atoms with E-state index in [0.29, 0.717) is 21.9 Å². The van der Waals surface area contributed by atoms with Crippen molar-refractivity contribution in [1.29, 1.82) is 0 Å². The van der Waals surface area contributed by atoms with Gasteiger partial charge in [0, 0.05) is 24.5 Å². The fraction of sp³-hybridized carbons (Fsp3) is 0.154. The third-order valence-electron chi connectivity index (χ3n) is 2.66. The molecule has 0 aliphatic heterocycles. The summed E-state index contributed by atoms with van der Waals surface area (Å²) in [5.74, 6) is -0.203. The largest absolute Gasteiger partial charge is 0.389 e. The molecular weight excluding hydrogens is 260 g/mol. The van der Waals surface area contributed by atoms with Gasteiger partial charge in [0.1, 0.15) is 4.99 Å². The van der Waals surface area contributed by atoms with Crippen LogP contribution in [0.25, 0.3) is 0 Å². The molecule has 3 N–H and O–H groups in total. The van der Waals surface area contributed by atoms with E-state index in [-0.39, 0.29) is 5.91 Å². The van der Waals surface area contributed by atoms with Gasteiger partial charge in [0.2, 0.25) is 0 Å². The Bertz CT molecular complexity index is 648. The molecule has 0 bridgehead atoms. The van der Waals surface area contributed by atoms with E-state index in [2.05, 4.69) is 10.4 Å². The molecule has 0 unspecified atom stereocenters. The summed E-state index contributed by atoms with van der Waals surface area (Å²) in [6.07, 6.45) is 1.68. The molecule has 19 heavy (non-hydrogen) atoms. The summed E-state index contributed by atoms with van der Waals surface area (Å²) in [6, 6.07) is 7.12. The molecule has 98 valence electrons. The van der Waals surface area contributed by atoms with Crippen molar-refractivity contribution < 1.29 is 4.79 Å². The van der Waals surface area contributed by atoms with Crippen LogP contribution in [0.3, 0.4) is 0 Å². The molecule has 2 rings (SSSR count). The second kappa shape index (κ2) is 5.19. The standard InChI is InChI=1S/C13H14N4OS/c1-8-11(7-17(2)16-8)13(18)15-10-5-3-4-9(6-10)12(14)19/h3-7H,1-2H3,(H2,14,19)(H,15,18). The first-order chi connectivity index (χ1) is 8.97. The number of thiocarbonyl (C=S) groups is 1. The second-order valence-corrected chi connectivity index (χ2v) is 4.64. The monoisotopic (exact) mass is 274 g/mol. The van der Waals surface area contributed by atoms with Gasteiger partial charge in [0.25, 0.3) is 5.91 Å². The quantitative estimate of drug-likeness (QED) is 0.834. The van der Waals surface area contributed by atoms with Crippen molar-refractivity contribution in [2.24, 2.45) is 12.8 Å². The Balaban J connectivity index is 2.21. The van der Waals surface area contributed by atoms with Gasteiger partial charge in [0.05, 0.1) is 11.3 Å². The first kappa shape index (κ1) is 13.2. The van der Waals surface area contributed by atoms with Gasteiger partial charge in [-0.2, -0.15) is 5.10 Å². The second-order valence-electron chi connectivity index (χ2n) is 4.20. The van der Waals surface area contributed by atoms with Gasteiger partial charge < -0.3 is 11.1 Å². The van der Waals surface area contributed by atoms with Crippen LogP contribution in [0.5, 0.6) is 0 Å². The molecule has 5 nitrogen and oxygen atoms in total. The molecule has 0 fully saturated rings. The van der Waals surface area contributed by atoms with E-state index in [9.17, 15) is 4.79 Å². The van der Waals surface area contributed by atoms with E-state index in [1.54, 1.807) is 49.1 Å². The molecule has 0 spiro atoms. The minimum atomic E-state index is -0.203. The molecular formula is C13H14N4OS. The van der Waals surface area contributed by atoms with Crippen molar-refractivity contribution in [3.05, 3.63) is 47.3 Å². The number of rotatable bonds is 3. The number of nitrogens with two attached hydrogens (primary N) is 1. The summed E-state index contributed by atoms with van der Waals surface area (Å²) in [5, 5.41) is 6.93. The van der Waals surface area contributed by atoms with Crippen LogP contribution in [-0.2, 0) is 7.05 Å². The Kier molecular flexibility index (Phi) is 3.62. The first-order valence-electron chi connectivity index (χ1n) is 5.69. The van der Waals surface area contributed by atoms with Crippen molar-refractivity contribution in [1.82, 2.24) is 9.78 Å². The highest BCUT2D eigenvalue weighted by molar-refractivity contribution is 7.80. The Morgan fingerprint density at radius 3 is 2.79 bits per heavy atom. The lowest BCUT2D eigenvalue weighted by molar-refractivity contribution is 0.102. The van der Waals surface area contributed by atoms with Crippen molar-refractivity contribution in [2.45, 2.75) is 6.92 Å². The number of aryl methyl sites for hydroxylation is 2. The zero-order valence-corrected chi connectivity index (χ0v) is 11.5. The zero-order valence-electron chi connectivity index (χ0n) is 10.7. The number of aromatic nitrogens is 2. The molecule has 0 saturated heterocycles. The summed E-state index contributed by atoms with van der Waals surface area (Å²) in [5.41, 5.74) is 8.16. The number of carbonyl (C=O) groups excluding carboxylic acids is 1. The zero-order chi connectivity index (χ0) is 14.0. The molecule has 0 aliphatic rings. The highest BCUT2D eigenvalue weighted by Gasteiger charge is 2.12. The molecule has 0 atom stereocenters. The minimum absolute atomic E-state index is 0.203. The minimum Gasteiger partial charge on any atom is -0.389 e. The molecule has 1 aromatic heterocycles. The van der Waals surface area contributed by atoms with Gasteiger partial charge in [-0.3, -0.25) is 9.48 Å². The lowest BCUT2D eigenvalue weighted by atomic mass is 10.2. The van der Waals surface area contributed by atoms with Gasteiger partial charge in [-0.1, -0.05) is 24.4 Å². The lowest BCUT2D eigenvalue weighted by Gasteiger charge is -2.06. The maximum Gasteiger partial charge on any atom is 0.259 e. The maximum atomic E-state index is 12.1. The summed E-state index contributed by atoms with van der Waals surface area (Å²) in [4.78, 5) is 12.4. The molecule has 1 heterocycles. The van der Waals surface area contributed by atoms with Crippen molar-refractivity contribution in [2.75, 3.05) is 5.32 Å². The van der Waals surface area contributed by atoms with Crippen LogP contribution in [0.4, 0.5) is 5.69 Å². The number of carbonyl (C=O) groups is 1. The van der Waals surface area contributed by atoms with Crippen molar-refractivity contribution in [3.8, 4) is 0 Å². The summed E-state index contributed by atoms with van der Waals surface area (Å²) >= 11 is 4.90. The van der Waals surface area contributed by atoms with E-state index in [0.717, 1.165) is 5.56 Å². The summed E-state index contributed by atoms with van der Waals surface area (Å²) < 4.78 is 1.61. The number of nitrogens with zero attached hydrogens (tertiary/aromatic N) is 2. The van der Waals surface area contributed by atoms with E-state index >= 15 is 0 Å². The van der Waals surface area contributed by atoms with Crippen LogP contribution in [0.15, 0.2) is 30.5 Å². The number of hydrogen-bond acceptors (Lipinski definition) is 3. The molecule has 2 aromatic rings. The Morgan fingerprint density at radius 2 is 2.21 bits per heavy atom. The summed E-state index contributed by atoms with van der Waals surface area (Å²) in [6.45, 7) is 1.79. The predicted molar refractivity (Wildman–Crippen MR) is 78.2 cm³/mol. The topological polar surface area (TPSA) is 72.9 Å². The van der Waals surface area contributed by atoms with Crippen LogP contribution < -0.4 is 11.1 Å². The number of amides is 1. The van der Waals surface area contributed by atoms with Crippen LogP contribution >= 0.6 is 12.2 Å². The van der Waals surface area contributed by atoms with E-state index < -0.39 is 0 Å². The number of hydrogen-bond donors (Lipinski definition) is 2. The highest BCUT2D eigenvalue weighted by Crippen LogP contribution is 2.13. The normalized spacial score (nSPS) is 10.2.